The van der Waals surface area contributed by atoms with E-state index in [-0.39, 0.29) is 10.9 Å². The van der Waals surface area contributed by atoms with Gasteiger partial charge < -0.3 is 9.73 Å². The summed E-state index contributed by atoms with van der Waals surface area (Å²) in [7, 11) is 0. The van der Waals surface area contributed by atoms with Gasteiger partial charge in [-0.05, 0) is 61.5 Å². The molecule has 4 aromatic rings. The third-order valence-electron chi connectivity index (χ3n) is 4.58. The largest absolute Gasteiger partial charge is 0.441 e. The number of halogens is 2. The predicted octanol–water partition coefficient (Wildman–Crippen LogP) is 6.99. The molecule has 31 heavy (non-hydrogen) atoms. The highest BCUT2D eigenvalue weighted by molar-refractivity contribution is 7.98. The van der Waals surface area contributed by atoms with Crippen molar-refractivity contribution < 1.29 is 13.6 Å². The zero-order chi connectivity index (χ0) is 21.8. The second kappa shape index (κ2) is 9.37. The summed E-state index contributed by atoms with van der Waals surface area (Å²) in [5.41, 5.74) is 2.44. The molecule has 4 nitrogen and oxygen atoms in total. The molecule has 0 saturated heterocycles. The highest BCUT2D eigenvalue weighted by Gasteiger charge is 2.14. The Balaban J connectivity index is 1.44. The molecular formula is C24H18ClFN2O2S. The van der Waals surface area contributed by atoms with Crippen molar-refractivity contribution in [3.8, 4) is 11.5 Å². The zero-order valence-electron chi connectivity index (χ0n) is 16.6. The zero-order valence-corrected chi connectivity index (χ0v) is 18.1. The van der Waals surface area contributed by atoms with E-state index in [9.17, 15) is 9.18 Å². The summed E-state index contributed by atoms with van der Waals surface area (Å²) in [5, 5.41) is 2.82. The van der Waals surface area contributed by atoms with Gasteiger partial charge in [0.2, 0.25) is 5.89 Å². The Morgan fingerprint density at radius 2 is 1.84 bits per heavy atom. The number of nitrogens with one attached hydrogen (secondary N) is 1. The first kappa shape index (κ1) is 21.2. The number of carbonyl (C=O) groups is 1. The number of hydrogen-bond acceptors (Lipinski definition) is 4. The van der Waals surface area contributed by atoms with Gasteiger partial charge in [-0.2, -0.15) is 0 Å². The number of amides is 1. The number of oxazole rings is 1. The van der Waals surface area contributed by atoms with Crippen molar-refractivity contribution in [1.29, 1.82) is 0 Å². The lowest BCUT2D eigenvalue weighted by molar-refractivity contribution is 0.102. The third-order valence-corrected chi connectivity index (χ3v) is 5.92. The van der Waals surface area contributed by atoms with Crippen LogP contribution in [0.5, 0.6) is 0 Å². The minimum atomic E-state index is -0.463. The molecule has 0 atom stereocenters. The smallest absolute Gasteiger partial charge is 0.255 e. The first-order chi connectivity index (χ1) is 15.0. The number of nitrogens with zero attached hydrogens (tertiary/aromatic N) is 1. The van der Waals surface area contributed by atoms with Crippen LogP contribution >= 0.6 is 23.4 Å². The van der Waals surface area contributed by atoms with Gasteiger partial charge in [-0.25, -0.2) is 9.37 Å². The van der Waals surface area contributed by atoms with Gasteiger partial charge in [0, 0.05) is 21.8 Å². The molecule has 0 aliphatic heterocycles. The molecule has 0 fully saturated rings. The van der Waals surface area contributed by atoms with Crippen LogP contribution in [-0.4, -0.2) is 10.9 Å². The van der Waals surface area contributed by atoms with Crippen LogP contribution in [0.4, 0.5) is 10.1 Å². The molecule has 7 heteroatoms. The van der Waals surface area contributed by atoms with Crippen LogP contribution in [0.1, 0.15) is 21.8 Å². The highest BCUT2D eigenvalue weighted by Crippen LogP contribution is 2.28. The number of hydrogen-bond donors (Lipinski definition) is 1. The quantitative estimate of drug-likeness (QED) is 0.320. The monoisotopic (exact) mass is 452 g/mol. The van der Waals surface area contributed by atoms with Crippen molar-refractivity contribution in [2.24, 2.45) is 0 Å². The normalized spacial score (nSPS) is 10.8. The summed E-state index contributed by atoms with van der Waals surface area (Å²) >= 11 is 7.67. The fraction of sp³-hybridized carbons (Fsp3) is 0.0833. The van der Waals surface area contributed by atoms with E-state index in [2.05, 4.69) is 22.4 Å². The van der Waals surface area contributed by atoms with E-state index in [1.807, 2.05) is 25.1 Å². The van der Waals surface area contributed by atoms with Crippen LogP contribution < -0.4 is 5.32 Å². The maximum absolute atomic E-state index is 13.2. The lowest BCUT2D eigenvalue weighted by Gasteiger charge is -2.07. The molecule has 1 N–H and O–H groups in total. The molecule has 1 aromatic heterocycles. The van der Waals surface area contributed by atoms with Crippen molar-refractivity contribution in [1.82, 2.24) is 4.98 Å². The van der Waals surface area contributed by atoms with Gasteiger partial charge in [-0.1, -0.05) is 29.8 Å². The molecule has 0 spiro atoms. The summed E-state index contributed by atoms with van der Waals surface area (Å²) in [6, 6.07) is 20.9. The van der Waals surface area contributed by atoms with Gasteiger partial charge >= 0.3 is 0 Å². The Labute approximate surface area is 188 Å². The second-order valence-corrected chi connectivity index (χ2v) is 8.24. The fourth-order valence-corrected chi connectivity index (χ4v) is 4.04. The van der Waals surface area contributed by atoms with Gasteiger partial charge in [-0.15, -0.1) is 11.8 Å². The standard InChI is InChI=1S/C24H18ClFN2O2S/c1-15-22(14-31-19-5-3-2-4-6-19)28-24(30-15)17-9-7-16(8-10-17)23(29)27-21-12-11-18(26)13-20(21)25/h2-13H,14H2,1H3,(H,27,29). The molecule has 0 aliphatic carbocycles. The molecule has 0 aliphatic rings. The molecule has 156 valence electrons. The van der Waals surface area contributed by atoms with Gasteiger partial charge in [-0.3, -0.25) is 4.79 Å². The molecule has 4 rings (SSSR count). The maximum Gasteiger partial charge on any atom is 0.255 e. The van der Waals surface area contributed by atoms with E-state index in [0.717, 1.165) is 23.1 Å². The molecule has 0 radical (unpaired) electrons. The second-order valence-electron chi connectivity index (χ2n) is 6.78. The molecule has 0 saturated carbocycles. The van der Waals surface area contributed by atoms with Crippen LogP contribution in [0.15, 0.2) is 82.1 Å². The lowest BCUT2D eigenvalue weighted by Crippen LogP contribution is -2.12. The number of rotatable bonds is 6. The van der Waals surface area contributed by atoms with Gasteiger partial charge in [0.1, 0.15) is 11.6 Å². The summed E-state index contributed by atoms with van der Waals surface area (Å²) in [5.74, 6) is 1.18. The number of anilines is 1. The molecule has 0 unspecified atom stereocenters. The average Bonchev–Trinajstić information content (AvgIpc) is 3.15. The Morgan fingerprint density at radius 3 is 2.55 bits per heavy atom. The summed E-state index contributed by atoms with van der Waals surface area (Å²) < 4.78 is 19.0. The molecule has 1 heterocycles. The number of thioether (sulfide) groups is 1. The van der Waals surface area contributed by atoms with Crippen molar-refractivity contribution in [3.63, 3.8) is 0 Å². The highest BCUT2D eigenvalue weighted by atomic mass is 35.5. The van der Waals surface area contributed by atoms with E-state index < -0.39 is 5.82 Å². The number of aryl methyl sites for hydroxylation is 1. The van der Waals surface area contributed by atoms with E-state index >= 15 is 0 Å². The molecule has 0 bridgehead atoms. The first-order valence-electron chi connectivity index (χ1n) is 9.50. The van der Waals surface area contributed by atoms with Crippen molar-refractivity contribution in [2.45, 2.75) is 17.6 Å². The lowest BCUT2D eigenvalue weighted by atomic mass is 10.1. The van der Waals surface area contributed by atoms with Gasteiger partial charge in [0.15, 0.2) is 0 Å². The number of benzene rings is 3. The van der Waals surface area contributed by atoms with Crippen molar-refractivity contribution >= 4 is 35.0 Å². The fourth-order valence-electron chi connectivity index (χ4n) is 2.90. The van der Waals surface area contributed by atoms with Crippen LogP contribution in [-0.2, 0) is 5.75 Å². The summed E-state index contributed by atoms with van der Waals surface area (Å²) in [6.07, 6.45) is 0. The summed E-state index contributed by atoms with van der Waals surface area (Å²) in [6.45, 7) is 1.89. The minimum Gasteiger partial charge on any atom is -0.441 e. The Hall–Kier alpha value is -3.09. The molecular weight excluding hydrogens is 435 g/mol. The Bertz CT molecular complexity index is 1210. The first-order valence-corrected chi connectivity index (χ1v) is 10.9. The van der Waals surface area contributed by atoms with E-state index in [0.29, 0.717) is 22.9 Å². The third kappa shape index (κ3) is 5.16. The van der Waals surface area contributed by atoms with E-state index in [1.165, 1.54) is 17.0 Å². The van der Waals surface area contributed by atoms with Crippen LogP contribution in [0.3, 0.4) is 0 Å². The van der Waals surface area contributed by atoms with Gasteiger partial charge in [0.25, 0.3) is 5.91 Å². The average molecular weight is 453 g/mol. The molecule has 1 amide bonds. The predicted molar refractivity (Wildman–Crippen MR) is 122 cm³/mol. The van der Waals surface area contributed by atoms with Crippen LogP contribution in [0.2, 0.25) is 5.02 Å². The topological polar surface area (TPSA) is 55.1 Å². The van der Waals surface area contributed by atoms with E-state index in [1.54, 1.807) is 36.0 Å². The van der Waals surface area contributed by atoms with E-state index in [4.69, 9.17) is 16.0 Å². The van der Waals surface area contributed by atoms with Crippen molar-refractivity contribution in [3.05, 3.63) is 101 Å². The Morgan fingerprint density at radius 1 is 1.10 bits per heavy atom. The van der Waals surface area contributed by atoms with Gasteiger partial charge in [0.05, 0.1) is 16.4 Å². The molecule has 3 aromatic carbocycles. The SMILES string of the molecule is Cc1oc(-c2ccc(C(=O)Nc3ccc(F)cc3Cl)cc2)nc1CSc1ccccc1. The minimum absolute atomic E-state index is 0.140. The van der Waals surface area contributed by atoms with Crippen LogP contribution in [0, 0.1) is 12.7 Å². The Kier molecular flexibility index (Phi) is 6.39. The summed E-state index contributed by atoms with van der Waals surface area (Å²) in [4.78, 5) is 18.3. The van der Waals surface area contributed by atoms with Crippen LogP contribution in [0.25, 0.3) is 11.5 Å². The maximum atomic E-state index is 13.2. The van der Waals surface area contributed by atoms with Crippen molar-refractivity contribution in [2.75, 3.05) is 5.32 Å². The number of aromatic nitrogens is 1. The number of carbonyl (C=O) groups excluding carboxylic acids is 1.